The first-order valence-corrected chi connectivity index (χ1v) is 8.12. The largest absolute Gasteiger partial charge is 0.379 e. The first-order chi connectivity index (χ1) is 9.79. The van der Waals surface area contributed by atoms with Gasteiger partial charge in [0.2, 0.25) is 5.91 Å². The minimum atomic E-state index is 0. The van der Waals surface area contributed by atoms with Gasteiger partial charge in [0.1, 0.15) is 0 Å². The van der Waals surface area contributed by atoms with Crippen LogP contribution in [0.2, 0.25) is 0 Å². The van der Waals surface area contributed by atoms with Gasteiger partial charge in [0, 0.05) is 44.7 Å². The van der Waals surface area contributed by atoms with E-state index in [2.05, 4.69) is 15.5 Å². The normalized spacial score (nSPS) is 31.0. The predicted molar refractivity (Wildman–Crippen MR) is 92.1 cm³/mol. The van der Waals surface area contributed by atoms with Gasteiger partial charge in [-0.3, -0.25) is 9.69 Å². The molecule has 5 nitrogen and oxygen atoms in total. The Hall–Kier alpha value is -0.0700. The van der Waals surface area contributed by atoms with Crippen LogP contribution in [0, 0.1) is 5.92 Å². The molecular formula is C15H29Cl2N3O2. The molecule has 2 unspecified atom stereocenters. The molecule has 3 saturated heterocycles. The van der Waals surface area contributed by atoms with Gasteiger partial charge >= 0.3 is 0 Å². The van der Waals surface area contributed by atoms with Crippen molar-refractivity contribution < 1.29 is 9.53 Å². The van der Waals surface area contributed by atoms with E-state index in [0.717, 1.165) is 45.8 Å². The lowest BCUT2D eigenvalue weighted by atomic mass is 9.89. The number of hydrogen-bond acceptors (Lipinski definition) is 4. The van der Waals surface area contributed by atoms with E-state index in [9.17, 15) is 4.79 Å². The Morgan fingerprint density at radius 2 is 1.77 bits per heavy atom. The Labute approximate surface area is 145 Å². The molecule has 3 aliphatic rings. The van der Waals surface area contributed by atoms with Gasteiger partial charge in [-0.1, -0.05) is 0 Å². The number of halogens is 2. The Morgan fingerprint density at radius 1 is 1.14 bits per heavy atom. The third-order valence-corrected chi connectivity index (χ3v) is 4.90. The fourth-order valence-corrected chi connectivity index (χ4v) is 3.85. The lowest BCUT2D eigenvalue weighted by Gasteiger charge is -2.29. The number of piperidine rings is 1. The molecule has 0 aromatic heterocycles. The van der Waals surface area contributed by atoms with Gasteiger partial charge in [-0.2, -0.15) is 0 Å². The second-order valence-electron chi connectivity index (χ2n) is 6.48. The van der Waals surface area contributed by atoms with E-state index < -0.39 is 0 Å². The molecule has 22 heavy (non-hydrogen) atoms. The monoisotopic (exact) mass is 353 g/mol. The van der Waals surface area contributed by atoms with Crippen LogP contribution < -0.4 is 10.6 Å². The number of nitrogens with one attached hydrogen (secondary N) is 2. The highest BCUT2D eigenvalue weighted by atomic mass is 35.5. The molecule has 3 fully saturated rings. The second-order valence-corrected chi connectivity index (χ2v) is 6.48. The predicted octanol–water partition coefficient (Wildman–Crippen LogP) is 1.20. The summed E-state index contributed by atoms with van der Waals surface area (Å²) in [4.78, 5) is 14.4. The van der Waals surface area contributed by atoms with Crippen LogP contribution in [0.5, 0.6) is 0 Å². The maximum atomic E-state index is 12.0. The molecule has 3 rings (SSSR count). The highest BCUT2D eigenvalue weighted by Crippen LogP contribution is 2.32. The van der Waals surface area contributed by atoms with Crippen molar-refractivity contribution >= 4 is 30.7 Å². The Bertz CT molecular complexity index is 329. The smallest absolute Gasteiger partial charge is 0.220 e. The molecule has 0 saturated carbocycles. The standard InChI is InChI=1S/C15H27N3O2.2ClH/c19-15(16-3-4-18-5-7-20-8-6-18)11-12-9-13-1-2-14(10-12)17-13;;/h12-14,17H,1-11H2,(H,16,19);2*1H. The molecule has 2 N–H and O–H groups in total. The Morgan fingerprint density at radius 3 is 2.41 bits per heavy atom. The van der Waals surface area contributed by atoms with Gasteiger partial charge < -0.3 is 15.4 Å². The summed E-state index contributed by atoms with van der Waals surface area (Å²) in [6.45, 7) is 5.36. The van der Waals surface area contributed by atoms with Crippen LogP contribution in [-0.2, 0) is 9.53 Å². The Balaban J connectivity index is 0.00000121. The number of carbonyl (C=O) groups is 1. The average molecular weight is 354 g/mol. The van der Waals surface area contributed by atoms with Gasteiger partial charge in [0.15, 0.2) is 0 Å². The first kappa shape index (κ1) is 20.0. The molecule has 2 bridgehead atoms. The molecular weight excluding hydrogens is 325 g/mol. The fraction of sp³-hybridized carbons (Fsp3) is 0.933. The minimum absolute atomic E-state index is 0. The molecule has 130 valence electrons. The van der Waals surface area contributed by atoms with E-state index in [1.54, 1.807) is 0 Å². The summed E-state index contributed by atoms with van der Waals surface area (Å²) in [7, 11) is 0. The minimum Gasteiger partial charge on any atom is -0.379 e. The third-order valence-electron chi connectivity index (χ3n) is 4.90. The lowest BCUT2D eigenvalue weighted by molar-refractivity contribution is -0.122. The number of amides is 1. The van der Waals surface area contributed by atoms with Crippen LogP contribution in [0.4, 0.5) is 0 Å². The highest BCUT2D eigenvalue weighted by molar-refractivity contribution is 5.85. The van der Waals surface area contributed by atoms with Gasteiger partial charge in [-0.25, -0.2) is 0 Å². The van der Waals surface area contributed by atoms with Gasteiger partial charge in [0.25, 0.3) is 0 Å². The number of ether oxygens (including phenoxy) is 1. The number of morpholine rings is 1. The van der Waals surface area contributed by atoms with E-state index >= 15 is 0 Å². The van der Waals surface area contributed by atoms with Crippen molar-refractivity contribution in [2.45, 2.75) is 44.2 Å². The molecule has 0 spiro atoms. The average Bonchev–Trinajstić information content (AvgIpc) is 2.79. The maximum Gasteiger partial charge on any atom is 0.220 e. The maximum absolute atomic E-state index is 12.0. The lowest BCUT2D eigenvalue weighted by Crippen LogP contribution is -2.42. The fourth-order valence-electron chi connectivity index (χ4n) is 3.85. The molecule has 0 radical (unpaired) electrons. The van der Waals surface area contributed by atoms with Crippen LogP contribution in [0.1, 0.15) is 32.1 Å². The van der Waals surface area contributed by atoms with Crippen LogP contribution >= 0.6 is 24.8 Å². The number of rotatable bonds is 5. The van der Waals surface area contributed by atoms with Crippen molar-refractivity contribution in [3.8, 4) is 0 Å². The van der Waals surface area contributed by atoms with Crippen molar-refractivity contribution in [1.82, 2.24) is 15.5 Å². The number of nitrogens with zero attached hydrogens (tertiary/aromatic N) is 1. The molecule has 3 aliphatic heterocycles. The van der Waals surface area contributed by atoms with Crippen molar-refractivity contribution in [2.24, 2.45) is 5.92 Å². The number of hydrogen-bond donors (Lipinski definition) is 2. The first-order valence-electron chi connectivity index (χ1n) is 8.12. The van der Waals surface area contributed by atoms with Crippen LogP contribution in [0.25, 0.3) is 0 Å². The van der Waals surface area contributed by atoms with E-state index in [1.165, 1.54) is 25.7 Å². The zero-order valence-electron chi connectivity index (χ0n) is 13.1. The SMILES string of the molecule is Cl.Cl.O=C(CC1CC2CCC(C1)N2)NCCN1CCOCC1. The van der Waals surface area contributed by atoms with E-state index in [0.29, 0.717) is 18.0 Å². The summed E-state index contributed by atoms with van der Waals surface area (Å²) in [6.07, 6.45) is 5.71. The van der Waals surface area contributed by atoms with Gasteiger partial charge in [-0.05, 0) is 31.6 Å². The van der Waals surface area contributed by atoms with E-state index in [-0.39, 0.29) is 30.7 Å². The number of carbonyl (C=O) groups excluding carboxylic acids is 1. The zero-order valence-corrected chi connectivity index (χ0v) is 14.7. The summed E-state index contributed by atoms with van der Waals surface area (Å²) < 4.78 is 5.32. The molecule has 0 aromatic rings. The van der Waals surface area contributed by atoms with Crippen LogP contribution in [0.3, 0.4) is 0 Å². The van der Waals surface area contributed by atoms with Gasteiger partial charge in [0.05, 0.1) is 13.2 Å². The van der Waals surface area contributed by atoms with E-state index in [4.69, 9.17) is 4.74 Å². The van der Waals surface area contributed by atoms with Crippen molar-refractivity contribution in [3.63, 3.8) is 0 Å². The molecule has 7 heteroatoms. The second kappa shape index (κ2) is 9.93. The zero-order chi connectivity index (χ0) is 13.8. The summed E-state index contributed by atoms with van der Waals surface area (Å²) in [5, 5.41) is 6.71. The van der Waals surface area contributed by atoms with Crippen molar-refractivity contribution in [3.05, 3.63) is 0 Å². The molecule has 2 atom stereocenters. The van der Waals surface area contributed by atoms with Crippen molar-refractivity contribution in [2.75, 3.05) is 39.4 Å². The molecule has 0 aromatic carbocycles. The topological polar surface area (TPSA) is 53.6 Å². The summed E-state index contributed by atoms with van der Waals surface area (Å²) in [6, 6.07) is 1.36. The van der Waals surface area contributed by atoms with E-state index in [1.807, 2.05) is 0 Å². The molecule has 0 aliphatic carbocycles. The van der Waals surface area contributed by atoms with Crippen LogP contribution in [-0.4, -0.2) is 62.3 Å². The van der Waals surface area contributed by atoms with Gasteiger partial charge in [-0.15, -0.1) is 24.8 Å². The highest BCUT2D eigenvalue weighted by Gasteiger charge is 2.34. The molecule has 1 amide bonds. The third kappa shape index (κ3) is 5.85. The quantitative estimate of drug-likeness (QED) is 0.779. The van der Waals surface area contributed by atoms with Crippen LogP contribution in [0.15, 0.2) is 0 Å². The Kier molecular flexibility index (Phi) is 9.02. The summed E-state index contributed by atoms with van der Waals surface area (Å²) in [5.74, 6) is 0.835. The number of fused-ring (bicyclic) bond motifs is 2. The molecule has 3 heterocycles. The summed E-state index contributed by atoms with van der Waals surface area (Å²) in [5.41, 5.74) is 0. The summed E-state index contributed by atoms with van der Waals surface area (Å²) >= 11 is 0. The van der Waals surface area contributed by atoms with Crippen molar-refractivity contribution in [1.29, 1.82) is 0 Å².